The van der Waals surface area contributed by atoms with E-state index in [2.05, 4.69) is 10.8 Å². The third kappa shape index (κ3) is 9.03. The van der Waals surface area contributed by atoms with Gasteiger partial charge in [-0.15, -0.1) is 0 Å². The monoisotopic (exact) mass is 311 g/mol. The zero-order chi connectivity index (χ0) is 16.6. The third-order valence-electron chi connectivity index (χ3n) is 2.97. The molecule has 0 amide bonds. The summed E-state index contributed by atoms with van der Waals surface area (Å²) in [4.78, 5) is 11.3. The Hall–Kier alpha value is -0.960. The topological polar surface area (TPSA) is 116 Å². The van der Waals surface area contributed by atoms with Gasteiger partial charge in [-0.3, -0.25) is 8.74 Å². The quantitative estimate of drug-likeness (QED) is 0.433. The predicted molar refractivity (Wildman–Crippen MR) is 76.4 cm³/mol. The highest BCUT2D eigenvalue weighted by molar-refractivity contribution is 7.80. The summed E-state index contributed by atoms with van der Waals surface area (Å²) in [6, 6.07) is 0. The zero-order valence-corrected chi connectivity index (χ0v) is 13.5. The maximum absolute atomic E-state index is 11.3. The minimum atomic E-state index is -4.16. The molecule has 120 valence electrons. The second kappa shape index (κ2) is 9.06. The van der Waals surface area contributed by atoms with Gasteiger partial charge in [0.1, 0.15) is 6.10 Å². The molecule has 0 aromatic heterocycles. The van der Waals surface area contributed by atoms with Crippen LogP contribution < -0.4 is 5.73 Å². The van der Waals surface area contributed by atoms with Gasteiger partial charge in [-0.2, -0.15) is 8.42 Å². The molecule has 0 aliphatic rings. The summed E-state index contributed by atoms with van der Waals surface area (Å²) >= 11 is 0. The SMILES string of the molecule is C=C(C)C(=O)OC(C)C(N)(CC)CC.COS(=O)(=O)O. The van der Waals surface area contributed by atoms with Crippen molar-refractivity contribution in [2.75, 3.05) is 7.11 Å². The summed E-state index contributed by atoms with van der Waals surface area (Å²) < 4.78 is 34.9. The maximum atomic E-state index is 11.3. The van der Waals surface area contributed by atoms with Gasteiger partial charge in [-0.25, -0.2) is 4.79 Å². The lowest BCUT2D eigenvalue weighted by Crippen LogP contribution is -2.50. The van der Waals surface area contributed by atoms with Crippen LogP contribution >= 0.6 is 0 Å². The Kier molecular flexibility index (Phi) is 9.67. The molecular formula is C12H25NO6S. The molecule has 0 fully saturated rings. The molecule has 20 heavy (non-hydrogen) atoms. The predicted octanol–water partition coefficient (Wildman–Crippen LogP) is 1.45. The number of hydrogen-bond donors (Lipinski definition) is 2. The molecule has 1 atom stereocenters. The van der Waals surface area contributed by atoms with Gasteiger partial charge in [0.05, 0.1) is 12.6 Å². The summed E-state index contributed by atoms with van der Waals surface area (Å²) in [6.07, 6.45) is 1.30. The van der Waals surface area contributed by atoms with Crippen molar-refractivity contribution in [3.05, 3.63) is 12.2 Å². The van der Waals surface area contributed by atoms with E-state index in [0.717, 1.165) is 20.0 Å². The summed E-state index contributed by atoms with van der Waals surface area (Å²) in [5.41, 5.74) is 6.06. The van der Waals surface area contributed by atoms with Crippen LogP contribution in [0.5, 0.6) is 0 Å². The first-order chi connectivity index (χ1) is 8.93. The molecule has 0 aliphatic heterocycles. The van der Waals surface area contributed by atoms with Crippen LogP contribution in [0.3, 0.4) is 0 Å². The highest BCUT2D eigenvalue weighted by atomic mass is 32.3. The van der Waals surface area contributed by atoms with Crippen LogP contribution in [0.4, 0.5) is 0 Å². The van der Waals surface area contributed by atoms with Crippen LogP contribution in [0.2, 0.25) is 0 Å². The van der Waals surface area contributed by atoms with Gasteiger partial charge in [0.2, 0.25) is 0 Å². The fourth-order valence-corrected chi connectivity index (χ4v) is 1.20. The van der Waals surface area contributed by atoms with E-state index in [-0.39, 0.29) is 12.1 Å². The van der Waals surface area contributed by atoms with Gasteiger partial charge in [-0.1, -0.05) is 20.4 Å². The maximum Gasteiger partial charge on any atom is 0.397 e. The number of esters is 1. The molecule has 8 heteroatoms. The highest BCUT2D eigenvalue weighted by Gasteiger charge is 2.31. The Balaban J connectivity index is 0. The molecule has 0 saturated heterocycles. The van der Waals surface area contributed by atoms with Gasteiger partial charge in [0.15, 0.2) is 0 Å². The molecule has 0 aliphatic carbocycles. The Morgan fingerprint density at radius 2 is 1.75 bits per heavy atom. The van der Waals surface area contributed by atoms with Crippen molar-refractivity contribution >= 4 is 16.4 Å². The molecule has 1 unspecified atom stereocenters. The van der Waals surface area contributed by atoms with E-state index in [0.29, 0.717) is 5.57 Å². The summed E-state index contributed by atoms with van der Waals surface area (Å²) in [5.74, 6) is -0.366. The van der Waals surface area contributed by atoms with E-state index in [9.17, 15) is 13.2 Å². The lowest BCUT2D eigenvalue weighted by atomic mass is 9.88. The lowest BCUT2D eigenvalue weighted by Gasteiger charge is -2.32. The van der Waals surface area contributed by atoms with Gasteiger partial charge in [-0.05, 0) is 26.7 Å². The molecule has 0 heterocycles. The first-order valence-corrected chi connectivity index (χ1v) is 7.48. The Labute approximate surface area is 121 Å². The van der Waals surface area contributed by atoms with Crippen molar-refractivity contribution in [2.45, 2.75) is 52.2 Å². The number of hydrogen-bond acceptors (Lipinski definition) is 6. The van der Waals surface area contributed by atoms with Crippen LogP contribution in [0.25, 0.3) is 0 Å². The zero-order valence-electron chi connectivity index (χ0n) is 12.7. The summed E-state index contributed by atoms with van der Waals surface area (Å²) in [7, 11) is -3.29. The second-order valence-corrected chi connectivity index (χ2v) is 5.55. The van der Waals surface area contributed by atoms with Crippen molar-refractivity contribution in [3.63, 3.8) is 0 Å². The van der Waals surface area contributed by atoms with Crippen LogP contribution in [0.15, 0.2) is 12.2 Å². The largest absolute Gasteiger partial charge is 0.457 e. The Bertz CT molecular complexity index is 414. The van der Waals surface area contributed by atoms with Gasteiger partial charge in [0.25, 0.3) is 0 Å². The third-order valence-corrected chi connectivity index (χ3v) is 3.39. The van der Waals surface area contributed by atoms with Crippen LogP contribution in [-0.2, 0) is 24.1 Å². The molecule has 0 radical (unpaired) electrons. The van der Waals surface area contributed by atoms with E-state index >= 15 is 0 Å². The Morgan fingerprint density at radius 3 is 1.95 bits per heavy atom. The molecule has 3 N–H and O–H groups in total. The van der Waals surface area contributed by atoms with Crippen molar-refractivity contribution in [2.24, 2.45) is 5.73 Å². The Morgan fingerprint density at radius 1 is 1.40 bits per heavy atom. The van der Waals surface area contributed by atoms with E-state index in [4.69, 9.17) is 15.0 Å². The van der Waals surface area contributed by atoms with Crippen LogP contribution in [0, 0.1) is 0 Å². The molecule has 0 rings (SSSR count). The van der Waals surface area contributed by atoms with Gasteiger partial charge < -0.3 is 10.5 Å². The summed E-state index contributed by atoms with van der Waals surface area (Å²) in [5, 5.41) is 0. The average Bonchev–Trinajstić information content (AvgIpc) is 2.37. The van der Waals surface area contributed by atoms with E-state index in [1.165, 1.54) is 0 Å². The van der Waals surface area contributed by atoms with Crippen molar-refractivity contribution < 1.29 is 26.7 Å². The average molecular weight is 311 g/mol. The van der Waals surface area contributed by atoms with Crippen LogP contribution in [-0.4, -0.2) is 37.7 Å². The second-order valence-electron chi connectivity index (χ2n) is 4.36. The van der Waals surface area contributed by atoms with Crippen LogP contribution in [0.1, 0.15) is 40.5 Å². The normalized spacial score (nSPS) is 12.9. The van der Waals surface area contributed by atoms with Crippen molar-refractivity contribution in [3.8, 4) is 0 Å². The standard InChI is InChI=1S/C11H21NO2.CH4O4S/c1-6-11(12,7-2)9(5)14-10(13)8(3)4;1-5-6(2,3)4/h9H,3,6-7,12H2,1-2,4-5H3;1H3,(H,2,3,4). The molecule has 0 spiro atoms. The lowest BCUT2D eigenvalue weighted by molar-refractivity contribution is -0.146. The number of ether oxygens (including phenoxy) is 1. The molecule has 0 saturated carbocycles. The molecule has 0 aromatic rings. The fourth-order valence-electron chi connectivity index (χ4n) is 1.20. The minimum Gasteiger partial charge on any atom is -0.457 e. The highest BCUT2D eigenvalue weighted by Crippen LogP contribution is 2.19. The minimum absolute atomic E-state index is 0.276. The van der Waals surface area contributed by atoms with Gasteiger partial charge in [0, 0.05) is 5.57 Å². The molecular weight excluding hydrogens is 286 g/mol. The molecule has 7 nitrogen and oxygen atoms in total. The number of carbonyl (C=O) groups is 1. The van der Waals surface area contributed by atoms with E-state index in [1.807, 2.05) is 20.8 Å². The number of rotatable bonds is 6. The first-order valence-electron chi connectivity index (χ1n) is 6.11. The first kappa shape index (κ1) is 21.3. The number of nitrogens with two attached hydrogens (primary N) is 1. The van der Waals surface area contributed by atoms with E-state index in [1.54, 1.807) is 6.92 Å². The number of carbonyl (C=O) groups excluding carboxylic acids is 1. The fraction of sp³-hybridized carbons (Fsp3) is 0.750. The van der Waals surface area contributed by atoms with E-state index < -0.39 is 15.9 Å². The van der Waals surface area contributed by atoms with Crippen molar-refractivity contribution in [1.29, 1.82) is 0 Å². The smallest absolute Gasteiger partial charge is 0.397 e. The summed E-state index contributed by atoms with van der Waals surface area (Å²) in [6.45, 7) is 11.0. The van der Waals surface area contributed by atoms with Crippen molar-refractivity contribution in [1.82, 2.24) is 0 Å². The molecule has 0 bridgehead atoms. The molecule has 0 aromatic carbocycles. The van der Waals surface area contributed by atoms with Gasteiger partial charge >= 0.3 is 16.4 Å².